The third kappa shape index (κ3) is 3.03. The van der Waals surface area contributed by atoms with E-state index in [0.29, 0.717) is 0 Å². The summed E-state index contributed by atoms with van der Waals surface area (Å²) in [6, 6.07) is 52.2. The Morgan fingerprint density at radius 3 is 1.93 bits per heavy atom. The number of furan rings is 1. The molecule has 0 bridgehead atoms. The van der Waals surface area contributed by atoms with Gasteiger partial charge >= 0.3 is 0 Å². The maximum absolute atomic E-state index is 6.53. The molecule has 0 spiro atoms. The Morgan fingerprint density at radius 2 is 1.09 bits per heavy atom. The molecule has 0 aliphatic carbocycles. The summed E-state index contributed by atoms with van der Waals surface area (Å²) in [6.07, 6.45) is 0. The first kappa shape index (κ1) is 22.8. The zero-order valence-electron chi connectivity index (χ0n) is 23.2. The predicted octanol–water partition coefficient (Wildman–Crippen LogP) is 10.9. The fourth-order valence-electron chi connectivity index (χ4n) is 7.29. The van der Waals surface area contributed by atoms with Crippen LogP contribution in [0.5, 0.6) is 0 Å². The zero-order chi connectivity index (χ0) is 28.1. The van der Waals surface area contributed by atoms with Gasteiger partial charge in [-0.25, -0.2) is 0 Å². The molecule has 0 aliphatic heterocycles. The maximum Gasteiger partial charge on any atom is 0.137 e. The molecule has 10 aromatic rings. The van der Waals surface area contributed by atoms with Crippen LogP contribution in [0.15, 0.2) is 150 Å². The average Bonchev–Trinajstić information content (AvgIpc) is 3.71. The van der Waals surface area contributed by atoms with Gasteiger partial charge in [-0.2, -0.15) is 0 Å². The zero-order valence-corrected chi connectivity index (χ0v) is 23.2. The van der Waals surface area contributed by atoms with Gasteiger partial charge in [0.2, 0.25) is 0 Å². The number of nitrogens with zero attached hydrogens (tertiary/aromatic N) is 2. The van der Waals surface area contributed by atoms with Crippen LogP contribution in [0.25, 0.3) is 87.7 Å². The van der Waals surface area contributed by atoms with Crippen LogP contribution in [-0.4, -0.2) is 9.13 Å². The highest BCUT2D eigenvalue weighted by Gasteiger charge is 2.22. The van der Waals surface area contributed by atoms with Crippen molar-refractivity contribution in [1.29, 1.82) is 0 Å². The van der Waals surface area contributed by atoms with Gasteiger partial charge in [0.25, 0.3) is 0 Å². The van der Waals surface area contributed by atoms with Crippen molar-refractivity contribution in [3.63, 3.8) is 0 Å². The maximum atomic E-state index is 6.53. The van der Waals surface area contributed by atoms with E-state index < -0.39 is 0 Å². The van der Waals surface area contributed by atoms with Gasteiger partial charge in [0.1, 0.15) is 11.2 Å². The van der Waals surface area contributed by atoms with Crippen LogP contribution in [0.2, 0.25) is 0 Å². The van der Waals surface area contributed by atoms with Crippen LogP contribution >= 0.6 is 0 Å². The van der Waals surface area contributed by atoms with Crippen LogP contribution in [0.1, 0.15) is 0 Å². The van der Waals surface area contributed by atoms with Crippen LogP contribution < -0.4 is 0 Å². The molecular weight excluding hydrogens is 524 g/mol. The van der Waals surface area contributed by atoms with E-state index >= 15 is 0 Å². The molecule has 43 heavy (non-hydrogen) atoms. The highest BCUT2D eigenvalue weighted by atomic mass is 16.3. The van der Waals surface area contributed by atoms with Crippen LogP contribution in [0.4, 0.5) is 0 Å². The van der Waals surface area contributed by atoms with E-state index in [2.05, 4.69) is 155 Å². The first-order valence-electron chi connectivity index (χ1n) is 14.7. The van der Waals surface area contributed by atoms with Gasteiger partial charge in [0, 0.05) is 32.6 Å². The molecule has 0 amide bonds. The molecule has 0 radical (unpaired) electrons. The first-order chi connectivity index (χ1) is 21.3. The second kappa shape index (κ2) is 8.37. The molecule has 0 N–H and O–H groups in total. The summed E-state index contributed by atoms with van der Waals surface area (Å²) in [4.78, 5) is 0. The minimum Gasteiger partial charge on any atom is -0.456 e. The largest absolute Gasteiger partial charge is 0.456 e. The molecule has 7 aromatic carbocycles. The van der Waals surface area contributed by atoms with Crippen LogP contribution in [-0.2, 0) is 0 Å². The van der Waals surface area contributed by atoms with E-state index in [1.165, 1.54) is 54.4 Å². The molecule has 3 heterocycles. The molecule has 0 saturated carbocycles. The summed E-state index contributed by atoms with van der Waals surface area (Å²) < 4.78 is 11.4. The highest BCUT2D eigenvalue weighted by Crippen LogP contribution is 2.44. The third-order valence-corrected chi connectivity index (χ3v) is 9.07. The quantitative estimate of drug-likeness (QED) is 0.211. The van der Waals surface area contributed by atoms with Crippen molar-refractivity contribution < 1.29 is 4.42 Å². The predicted molar refractivity (Wildman–Crippen MR) is 180 cm³/mol. The normalized spacial score (nSPS) is 12.2. The van der Waals surface area contributed by atoms with Crippen molar-refractivity contribution in [1.82, 2.24) is 9.13 Å². The summed E-state index contributed by atoms with van der Waals surface area (Å²) in [7, 11) is 0. The van der Waals surface area contributed by atoms with Crippen molar-refractivity contribution in [2.45, 2.75) is 0 Å². The second-order valence-electron chi connectivity index (χ2n) is 11.3. The Kier molecular flexibility index (Phi) is 4.45. The molecule has 0 saturated heterocycles. The van der Waals surface area contributed by atoms with Crippen molar-refractivity contribution in [3.05, 3.63) is 146 Å². The second-order valence-corrected chi connectivity index (χ2v) is 11.3. The van der Waals surface area contributed by atoms with E-state index in [-0.39, 0.29) is 0 Å². The number of hydrogen-bond acceptors (Lipinski definition) is 1. The topological polar surface area (TPSA) is 23.0 Å². The van der Waals surface area contributed by atoms with Crippen molar-refractivity contribution >= 4 is 76.3 Å². The van der Waals surface area contributed by atoms with Crippen molar-refractivity contribution in [2.24, 2.45) is 0 Å². The Hall–Kier alpha value is -5.80. The molecule has 10 rings (SSSR count). The number of hydrogen-bond donors (Lipinski definition) is 0. The fourth-order valence-corrected chi connectivity index (χ4v) is 7.29. The standard InChI is InChI=1S/C40H24N2O/c1-2-13-27(14-3-1)41-33-18-9-7-16-30(33)39-35(41)22-21-29-28-15-6-8-17-32(28)42(40(29)39)34-19-10-20-36-38(34)31-23-25-11-4-5-12-26(25)24-37(31)43-36/h1-24H. The van der Waals surface area contributed by atoms with E-state index in [4.69, 9.17) is 4.42 Å². The molecule has 3 aromatic heterocycles. The first-order valence-corrected chi connectivity index (χ1v) is 14.7. The Bertz CT molecular complexity index is 2720. The lowest BCUT2D eigenvalue weighted by Crippen LogP contribution is -1.96. The van der Waals surface area contributed by atoms with Gasteiger partial charge in [-0.1, -0.05) is 91.0 Å². The lowest BCUT2D eigenvalue weighted by molar-refractivity contribution is 0.669. The average molecular weight is 549 g/mol. The van der Waals surface area contributed by atoms with Crippen LogP contribution in [0.3, 0.4) is 0 Å². The molecule has 200 valence electrons. The Balaban J connectivity index is 1.43. The van der Waals surface area contributed by atoms with Gasteiger partial charge < -0.3 is 13.6 Å². The lowest BCUT2D eigenvalue weighted by Gasteiger charge is -2.11. The molecular formula is C40H24N2O. The number of fused-ring (bicyclic) bond motifs is 11. The monoisotopic (exact) mass is 548 g/mol. The number of para-hydroxylation sites is 3. The van der Waals surface area contributed by atoms with Gasteiger partial charge in [-0.05, 0) is 65.4 Å². The van der Waals surface area contributed by atoms with Gasteiger partial charge in [0.05, 0.1) is 33.1 Å². The molecule has 0 aliphatic rings. The summed E-state index contributed by atoms with van der Waals surface area (Å²) in [5.41, 5.74) is 8.88. The molecule has 0 atom stereocenters. The number of rotatable bonds is 2. The highest BCUT2D eigenvalue weighted by molar-refractivity contribution is 6.27. The van der Waals surface area contributed by atoms with Crippen molar-refractivity contribution in [2.75, 3.05) is 0 Å². The lowest BCUT2D eigenvalue weighted by atomic mass is 10.0. The minimum absolute atomic E-state index is 0.896. The van der Waals surface area contributed by atoms with E-state index in [0.717, 1.165) is 33.3 Å². The summed E-state index contributed by atoms with van der Waals surface area (Å²) in [5, 5.41) is 9.64. The molecule has 3 heteroatoms. The van der Waals surface area contributed by atoms with Gasteiger partial charge in [-0.3, -0.25) is 0 Å². The van der Waals surface area contributed by atoms with E-state index in [1.54, 1.807) is 0 Å². The van der Waals surface area contributed by atoms with E-state index in [9.17, 15) is 0 Å². The van der Waals surface area contributed by atoms with Crippen LogP contribution in [0, 0.1) is 0 Å². The number of aromatic nitrogens is 2. The molecule has 3 nitrogen and oxygen atoms in total. The third-order valence-electron chi connectivity index (χ3n) is 9.07. The molecule has 0 unspecified atom stereocenters. The molecule has 0 fully saturated rings. The van der Waals surface area contributed by atoms with E-state index in [1.807, 2.05) is 0 Å². The summed E-state index contributed by atoms with van der Waals surface area (Å²) in [6.45, 7) is 0. The Morgan fingerprint density at radius 1 is 0.395 bits per heavy atom. The Labute approximate surface area is 246 Å². The van der Waals surface area contributed by atoms with Gasteiger partial charge in [0.15, 0.2) is 0 Å². The number of benzene rings is 7. The smallest absolute Gasteiger partial charge is 0.137 e. The minimum atomic E-state index is 0.896. The van der Waals surface area contributed by atoms with Crippen molar-refractivity contribution in [3.8, 4) is 11.4 Å². The summed E-state index contributed by atoms with van der Waals surface area (Å²) >= 11 is 0. The fraction of sp³-hybridized carbons (Fsp3) is 0. The summed E-state index contributed by atoms with van der Waals surface area (Å²) in [5.74, 6) is 0. The van der Waals surface area contributed by atoms with Gasteiger partial charge in [-0.15, -0.1) is 0 Å². The SMILES string of the molecule is c1ccc(-n2c3ccccc3c3c2ccc2c4ccccc4n(-c4cccc5oc6cc7ccccc7cc6c45)c23)cc1.